The Morgan fingerprint density at radius 2 is 1.27 bits per heavy atom. The van der Waals surface area contributed by atoms with Gasteiger partial charge in [-0.05, 0) is 6.92 Å². The molecule has 0 heterocycles. The summed E-state index contributed by atoms with van der Waals surface area (Å²) in [6.07, 6.45) is -15.4. The van der Waals surface area contributed by atoms with Crippen molar-refractivity contribution >= 4 is 0 Å². The van der Waals surface area contributed by atoms with Crippen molar-refractivity contribution < 1.29 is 39.9 Å². The van der Waals surface area contributed by atoms with Gasteiger partial charge in [0.15, 0.2) is 0 Å². The van der Waals surface area contributed by atoms with Gasteiger partial charge in [-0.3, -0.25) is 0 Å². The van der Waals surface area contributed by atoms with E-state index in [0.29, 0.717) is 0 Å². The Morgan fingerprint density at radius 1 is 0.933 bits per heavy atom. The van der Waals surface area contributed by atoms with Crippen LogP contribution in [0.2, 0.25) is 0 Å². The Hall–Kier alpha value is -1.02. The molecule has 0 aliphatic heterocycles. The van der Waals surface area contributed by atoms with Gasteiger partial charge in [-0.25, -0.2) is 0 Å². The molecule has 0 rings (SSSR count). The summed E-state index contributed by atoms with van der Waals surface area (Å²) in [7, 11) is 0. The van der Waals surface area contributed by atoms with Gasteiger partial charge < -0.3 is 4.74 Å². The van der Waals surface area contributed by atoms with Crippen LogP contribution < -0.4 is 0 Å². The molecule has 0 unspecified atom stereocenters. The molecule has 0 aliphatic rings. The van der Waals surface area contributed by atoms with E-state index < -0.39 is 30.3 Å². The Bertz CT molecular complexity index is 231. The lowest BCUT2D eigenvalue weighted by atomic mass is 10.1. The molecule has 0 aromatic carbocycles. The van der Waals surface area contributed by atoms with Gasteiger partial charge >= 0.3 is 18.4 Å². The summed E-state index contributed by atoms with van der Waals surface area (Å²) in [4.78, 5) is 0. The molecule has 1 nitrogen and oxygen atoms in total. The second kappa shape index (κ2) is 3.86. The van der Waals surface area contributed by atoms with E-state index in [0.717, 1.165) is 0 Å². The summed E-state index contributed by atoms with van der Waals surface area (Å²) in [6, 6.07) is 0. The normalized spacial score (nSPS) is 13.7. The van der Waals surface area contributed by atoms with E-state index in [9.17, 15) is 35.1 Å². The largest absolute Gasteiger partial charge is 0.471 e. The number of rotatable bonds is 2. The topological polar surface area (TPSA) is 9.23 Å². The van der Waals surface area contributed by atoms with Crippen molar-refractivity contribution in [2.45, 2.75) is 24.9 Å². The fraction of sp³-hybridized carbons (Fsp3) is 0.667. The summed E-state index contributed by atoms with van der Waals surface area (Å²) < 4.78 is 97.3. The fourth-order valence-corrected chi connectivity index (χ4v) is 0.457. The van der Waals surface area contributed by atoms with E-state index >= 15 is 0 Å². The van der Waals surface area contributed by atoms with E-state index in [-0.39, 0.29) is 6.92 Å². The zero-order valence-electron chi connectivity index (χ0n) is 7.01. The summed E-state index contributed by atoms with van der Waals surface area (Å²) in [6.45, 7) is -0.383. The second-order valence-electron chi connectivity index (χ2n) is 2.55. The Kier molecular flexibility index (Phi) is 3.59. The molecule has 0 atom stereocenters. The van der Waals surface area contributed by atoms with E-state index in [2.05, 4.69) is 4.74 Å². The van der Waals surface area contributed by atoms with Crippen molar-refractivity contribution in [1.82, 2.24) is 0 Å². The Balaban J connectivity index is 5.16. The summed E-state index contributed by atoms with van der Waals surface area (Å²) >= 11 is 0. The minimum atomic E-state index is -5.85. The van der Waals surface area contributed by atoms with Crippen molar-refractivity contribution in [2.75, 3.05) is 0 Å². The highest BCUT2D eigenvalue weighted by Gasteiger charge is 2.70. The molecule has 0 aliphatic carbocycles. The van der Waals surface area contributed by atoms with Gasteiger partial charge in [-0.1, -0.05) is 0 Å². The highest BCUT2D eigenvalue weighted by atomic mass is 19.4. The summed E-state index contributed by atoms with van der Waals surface area (Å²) in [5, 5.41) is 0. The van der Waals surface area contributed by atoms with Crippen molar-refractivity contribution in [1.29, 1.82) is 0 Å². The maximum Gasteiger partial charge on any atom is 0.437 e. The molecule has 15 heavy (non-hydrogen) atoms. The molecule has 90 valence electrons. The van der Waals surface area contributed by atoms with Gasteiger partial charge in [0.25, 0.3) is 5.60 Å². The monoisotopic (exact) mass is 244 g/mol. The van der Waals surface area contributed by atoms with Crippen LogP contribution in [-0.2, 0) is 4.74 Å². The van der Waals surface area contributed by atoms with Crippen LogP contribution in [0.25, 0.3) is 0 Å². The SMILES string of the molecule is CC(OC=C(F)F)(C(F)(F)F)C(F)(F)F. The fourth-order valence-electron chi connectivity index (χ4n) is 0.457. The number of alkyl halides is 6. The first-order chi connectivity index (χ1) is 6.42. The molecule has 0 bridgehead atoms. The predicted molar refractivity (Wildman–Crippen MR) is 31.9 cm³/mol. The first-order valence-corrected chi connectivity index (χ1v) is 3.24. The van der Waals surface area contributed by atoms with E-state index in [1.54, 1.807) is 0 Å². The molecule has 0 radical (unpaired) electrons. The highest BCUT2D eigenvalue weighted by Crippen LogP contribution is 2.45. The molecule has 9 heteroatoms. The van der Waals surface area contributed by atoms with E-state index in [4.69, 9.17) is 0 Å². The van der Waals surface area contributed by atoms with Crippen LogP contribution in [0, 0.1) is 0 Å². The third-order valence-corrected chi connectivity index (χ3v) is 1.47. The van der Waals surface area contributed by atoms with Crippen LogP contribution in [0.4, 0.5) is 35.1 Å². The Morgan fingerprint density at radius 3 is 1.47 bits per heavy atom. The molecule has 0 aromatic heterocycles. The maximum atomic E-state index is 11.9. The quantitative estimate of drug-likeness (QED) is 0.532. The average Bonchev–Trinajstić information content (AvgIpc) is 1.95. The van der Waals surface area contributed by atoms with Gasteiger partial charge in [0, 0.05) is 0 Å². The molecule has 0 fully saturated rings. The molecule has 0 saturated heterocycles. The molecular formula is C6H4F8O. The minimum Gasteiger partial charge on any atom is -0.471 e. The van der Waals surface area contributed by atoms with Gasteiger partial charge in [0.2, 0.25) is 0 Å². The van der Waals surface area contributed by atoms with Crippen LogP contribution in [0.3, 0.4) is 0 Å². The van der Waals surface area contributed by atoms with Crippen LogP contribution >= 0.6 is 0 Å². The van der Waals surface area contributed by atoms with E-state index in [1.807, 2.05) is 0 Å². The zero-order valence-corrected chi connectivity index (χ0v) is 7.01. The standard InChI is InChI=1S/C6H4F8O/c1-4(5(9,10)11,6(12,13)14)15-2-3(7)8/h2H,1H3. The molecule has 0 aromatic rings. The highest BCUT2D eigenvalue weighted by molar-refractivity contribution is 4.94. The lowest BCUT2D eigenvalue weighted by Crippen LogP contribution is -2.55. The van der Waals surface area contributed by atoms with Crippen LogP contribution in [-0.4, -0.2) is 18.0 Å². The summed E-state index contributed by atoms with van der Waals surface area (Å²) in [5.41, 5.74) is -4.65. The molecular weight excluding hydrogens is 240 g/mol. The number of halogens is 8. The number of ether oxygens (including phenoxy) is 1. The molecule has 0 amide bonds. The minimum absolute atomic E-state index is 0.383. The van der Waals surface area contributed by atoms with Gasteiger partial charge in [0.1, 0.15) is 6.26 Å². The van der Waals surface area contributed by atoms with Gasteiger partial charge in [0.05, 0.1) is 0 Å². The molecule has 0 N–H and O–H groups in total. The van der Waals surface area contributed by atoms with E-state index in [1.165, 1.54) is 0 Å². The molecule has 0 spiro atoms. The third-order valence-electron chi connectivity index (χ3n) is 1.47. The van der Waals surface area contributed by atoms with Crippen LogP contribution in [0.15, 0.2) is 12.3 Å². The lowest BCUT2D eigenvalue weighted by molar-refractivity contribution is -0.361. The van der Waals surface area contributed by atoms with Crippen molar-refractivity contribution in [3.05, 3.63) is 12.3 Å². The number of hydrogen-bond acceptors (Lipinski definition) is 1. The summed E-state index contributed by atoms with van der Waals surface area (Å²) in [5.74, 6) is 0. The predicted octanol–water partition coefficient (Wildman–Crippen LogP) is 3.62. The third kappa shape index (κ3) is 2.96. The van der Waals surface area contributed by atoms with Gasteiger partial charge in [-0.2, -0.15) is 35.1 Å². The number of hydrogen-bond donors (Lipinski definition) is 0. The van der Waals surface area contributed by atoms with Crippen molar-refractivity contribution in [2.24, 2.45) is 0 Å². The van der Waals surface area contributed by atoms with Crippen LogP contribution in [0.5, 0.6) is 0 Å². The smallest absolute Gasteiger partial charge is 0.437 e. The molecule has 0 saturated carbocycles. The van der Waals surface area contributed by atoms with Crippen molar-refractivity contribution in [3.63, 3.8) is 0 Å². The van der Waals surface area contributed by atoms with Crippen LogP contribution in [0.1, 0.15) is 6.92 Å². The average molecular weight is 244 g/mol. The lowest BCUT2D eigenvalue weighted by Gasteiger charge is -2.32. The first kappa shape index (κ1) is 14.0. The van der Waals surface area contributed by atoms with Crippen molar-refractivity contribution in [3.8, 4) is 0 Å². The second-order valence-corrected chi connectivity index (χ2v) is 2.55. The van der Waals surface area contributed by atoms with Gasteiger partial charge in [-0.15, -0.1) is 0 Å². The Labute approximate surface area is 78.3 Å². The zero-order chi connectivity index (χ0) is 12.5. The maximum absolute atomic E-state index is 11.9. The first-order valence-electron chi connectivity index (χ1n) is 3.24.